The van der Waals surface area contributed by atoms with Crippen LogP contribution in [0, 0.1) is 11.3 Å². The number of carbonyl (C=O) groups excluding carboxylic acids is 3. The zero-order valence-corrected chi connectivity index (χ0v) is 23.6. The molecule has 2 unspecified atom stereocenters. The van der Waals surface area contributed by atoms with Gasteiger partial charge in [-0.15, -0.1) is 0 Å². The molecule has 0 saturated carbocycles. The summed E-state index contributed by atoms with van der Waals surface area (Å²) in [7, 11) is 0. The molecule has 4 atom stereocenters. The van der Waals surface area contributed by atoms with Crippen LogP contribution in [0.4, 0.5) is 5.82 Å². The third kappa shape index (κ3) is 5.93. The highest BCUT2D eigenvalue weighted by Gasteiger charge is 2.52. The van der Waals surface area contributed by atoms with Crippen LogP contribution >= 0.6 is 0 Å². The molecule has 0 aliphatic carbocycles. The first-order valence-electron chi connectivity index (χ1n) is 13.9. The van der Waals surface area contributed by atoms with Crippen LogP contribution in [0.1, 0.15) is 42.9 Å². The standard InChI is InChI=1S/C33H25N5O7/c34-16-23-17-38(29-25(23)28(35)36-19-37-29)30-27(45-33(41)22-14-8-3-9-15-22)26(44-32(40)21-12-6-2-7-13-21)24(43-30)18-42-31(39)20-10-4-1-5-11-20/h1-15,17,19,24,26-27,30H,18H2,(H2,35,36,37)/t24-,26?,27?,30-/m1/s1. The van der Waals surface area contributed by atoms with Gasteiger partial charge < -0.3 is 29.2 Å². The van der Waals surface area contributed by atoms with Crippen molar-refractivity contribution in [3.63, 3.8) is 0 Å². The Balaban J connectivity index is 1.41. The monoisotopic (exact) mass is 603 g/mol. The maximum absolute atomic E-state index is 13.4. The third-order valence-electron chi connectivity index (χ3n) is 7.21. The van der Waals surface area contributed by atoms with E-state index in [1.165, 1.54) is 17.1 Å². The van der Waals surface area contributed by atoms with Gasteiger partial charge in [0.2, 0.25) is 0 Å². The molecule has 3 aromatic carbocycles. The van der Waals surface area contributed by atoms with Crippen molar-refractivity contribution in [1.82, 2.24) is 14.5 Å². The Morgan fingerprint density at radius 1 is 0.800 bits per heavy atom. The summed E-state index contributed by atoms with van der Waals surface area (Å²) in [5.41, 5.74) is 7.25. The van der Waals surface area contributed by atoms with Crippen LogP contribution in [0.2, 0.25) is 0 Å². The summed E-state index contributed by atoms with van der Waals surface area (Å²) < 4.78 is 25.4. The van der Waals surface area contributed by atoms with E-state index < -0.39 is 42.4 Å². The van der Waals surface area contributed by atoms with Crippen LogP contribution in [-0.4, -0.2) is 57.4 Å². The summed E-state index contributed by atoms with van der Waals surface area (Å²) >= 11 is 0. The van der Waals surface area contributed by atoms with Crippen molar-refractivity contribution in [3.05, 3.63) is 126 Å². The number of fused-ring (bicyclic) bond motifs is 1. The Morgan fingerprint density at radius 2 is 1.33 bits per heavy atom. The van der Waals surface area contributed by atoms with Crippen molar-refractivity contribution in [2.75, 3.05) is 12.3 Å². The molecule has 2 aromatic heterocycles. The van der Waals surface area contributed by atoms with E-state index in [2.05, 4.69) is 16.0 Å². The first kappa shape index (κ1) is 29.0. The van der Waals surface area contributed by atoms with Crippen LogP contribution in [0.3, 0.4) is 0 Å². The number of nitrogens with zero attached hydrogens (tertiary/aromatic N) is 4. The second kappa shape index (κ2) is 12.7. The molecule has 0 amide bonds. The van der Waals surface area contributed by atoms with Gasteiger partial charge in [0.15, 0.2) is 18.4 Å². The van der Waals surface area contributed by atoms with E-state index in [-0.39, 0.29) is 40.1 Å². The van der Waals surface area contributed by atoms with Crippen molar-refractivity contribution in [1.29, 1.82) is 5.26 Å². The zero-order chi connectivity index (χ0) is 31.3. The fourth-order valence-electron chi connectivity index (χ4n) is 5.07. The second-order valence-corrected chi connectivity index (χ2v) is 10.0. The molecule has 0 bridgehead atoms. The number of aromatic nitrogens is 3. The van der Waals surface area contributed by atoms with E-state index in [9.17, 15) is 19.6 Å². The number of hydrogen-bond donors (Lipinski definition) is 1. The minimum absolute atomic E-state index is 0.0616. The van der Waals surface area contributed by atoms with E-state index in [0.29, 0.717) is 5.56 Å². The minimum Gasteiger partial charge on any atom is -0.459 e. The lowest BCUT2D eigenvalue weighted by atomic mass is 10.1. The molecule has 1 aliphatic heterocycles. The van der Waals surface area contributed by atoms with Gasteiger partial charge >= 0.3 is 17.9 Å². The third-order valence-corrected chi connectivity index (χ3v) is 7.21. The van der Waals surface area contributed by atoms with Gasteiger partial charge in [-0.25, -0.2) is 24.4 Å². The fourth-order valence-corrected chi connectivity index (χ4v) is 5.07. The summed E-state index contributed by atoms with van der Waals surface area (Å²) in [6.45, 7) is -0.363. The maximum Gasteiger partial charge on any atom is 0.338 e. The number of anilines is 1. The molecule has 45 heavy (non-hydrogen) atoms. The molecule has 12 nitrogen and oxygen atoms in total. The number of hydrogen-bond acceptors (Lipinski definition) is 11. The number of nitrogens with two attached hydrogens (primary N) is 1. The molecule has 1 aliphatic rings. The predicted molar refractivity (Wildman–Crippen MR) is 159 cm³/mol. The van der Waals surface area contributed by atoms with E-state index in [1.807, 2.05) is 0 Å². The second-order valence-electron chi connectivity index (χ2n) is 10.0. The summed E-state index contributed by atoms with van der Waals surface area (Å²) in [4.78, 5) is 47.9. The molecule has 3 heterocycles. The Labute approximate surface area is 256 Å². The number of esters is 3. The molecule has 12 heteroatoms. The van der Waals surface area contributed by atoms with Crippen molar-refractivity contribution in [2.45, 2.75) is 24.5 Å². The highest BCUT2D eigenvalue weighted by Crippen LogP contribution is 2.38. The molecule has 2 N–H and O–H groups in total. The summed E-state index contributed by atoms with van der Waals surface area (Å²) in [6.07, 6.45) is -2.18. The number of nitrogen functional groups attached to an aromatic ring is 1. The van der Waals surface area contributed by atoms with Crippen molar-refractivity contribution in [2.24, 2.45) is 0 Å². The van der Waals surface area contributed by atoms with E-state index in [4.69, 9.17) is 24.7 Å². The van der Waals surface area contributed by atoms with Crippen LogP contribution < -0.4 is 5.73 Å². The van der Waals surface area contributed by atoms with Gasteiger partial charge in [0, 0.05) is 6.20 Å². The van der Waals surface area contributed by atoms with Gasteiger partial charge in [0.1, 0.15) is 36.6 Å². The summed E-state index contributed by atoms with van der Waals surface area (Å²) in [6, 6.07) is 26.9. The highest BCUT2D eigenvalue weighted by molar-refractivity contribution is 5.93. The van der Waals surface area contributed by atoms with Gasteiger partial charge in [0.05, 0.1) is 27.6 Å². The number of rotatable bonds is 8. The van der Waals surface area contributed by atoms with E-state index in [0.717, 1.165) is 0 Å². The van der Waals surface area contributed by atoms with Crippen LogP contribution in [0.25, 0.3) is 11.0 Å². The Kier molecular flexibility index (Phi) is 8.17. The minimum atomic E-state index is -1.29. The number of nitriles is 1. The van der Waals surface area contributed by atoms with Gasteiger partial charge in [-0.2, -0.15) is 5.26 Å². The lowest BCUT2D eigenvalue weighted by Gasteiger charge is -2.25. The molecule has 6 rings (SSSR count). The zero-order valence-electron chi connectivity index (χ0n) is 23.6. The molecule has 224 valence electrons. The molecule has 0 radical (unpaired) electrons. The van der Waals surface area contributed by atoms with Crippen molar-refractivity contribution < 1.29 is 33.3 Å². The quantitative estimate of drug-likeness (QED) is 0.200. The van der Waals surface area contributed by atoms with Crippen LogP contribution in [0.5, 0.6) is 0 Å². The smallest absolute Gasteiger partial charge is 0.338 e. The van der Waals surface area contributed by atoms with Gasteiger partial charge in [-0.05, 0) is 36.4 Å². The highest BCUT2D eigenvalue weighted by atomic mass is 16.7. The van der Waals surface area contributed by atoms with Crippen LogP contribution in [0.15, 0.2) is 104 Å². The maximum atomic E-state index is 13.4. The topological polar surface area (TPSA) is 169 Å². The molecular weight excluding hydrogens is 578 g/mol. The van der Waals surface area contributed by atoms with Crippen LogP contribution in [-0.2, 0) is 18.9 Å². The number of ether oxygens (including phenoxy) is 4. The predicted octanol–water partition coefficient (Wildman–Crippen LogP) is 4.09. The van der Waals surface area contributed by atoms with E-state index >= 15 is 0 Å². The molecule has 5 aromatic rings. The summed E-state index contributed by atoms with van der Waals surface area (Å²) in [5.74, 6) is -2.01. The van der Waals surface area contributed by atoms with Gasteiger partial charge in [0.25, 0.3) is 0 Å². The normalized spacial score (nSPS) is 19.0. The number of carbonyl (C=O) groups is 3. The Bertz CT molecular complexity index is 1890. The molecular formula is C33H25N5O7. The van der Waals surface area contributed by atoms with E-state index in [1.54, 1.807) is 91.0 Å². The average Bonchev–Trinajstić information content (AvgIpc) is 3.63. The first-order valence-corrected chi connectivity index (χ1v) is 13.9. The lowest BCUT2D eigenvalue weighted by Crippen LogP contribution is -2.41. The molecule has 1 fully saturated rings. The number of benzene rings is 3. The lowest BCUT2D eigenvalue weighted by molar-refractivity contribution is -0.0604. The average molecular weight is 604 g/mol. The van der Waals surface area contributed by atoms with Crippen molar-refractivity contribution in [3.8, 4) is 6.07 Å². The molecule has 1 saturated heterocycles. The first-order chi connectivity index (χ1) is 21.9. The SMILES string of the molecule is N#Cc1cn([C@@H]2O[C@H](COC(=O)c3ccccc3)C(OC(=O)c3ccccc3)C2OC(=O)c2ccccc2)c2ncnc(N)c12. The Hall–Kier alpha value is -6.06. The van der Waals surface area contributed by atoms with Crippen molar-refractivity contribution >= 4 is 34.8 Å². The van der Waals surface area contributed by atoms with Gasteiger partial charge in [-0.1, -0.05) is 54.6 Å². The summed E-state index contributed by atoms with van der Waals surface area (Å²) in [5, 5.41) is 10.1. The fraction of sp³-hybridized carbons (Fsp3) is 0.152. The molecule has 0 spiro atoms. The Morgan fingerprint density at radius 3 is 1.89 bits per heavy atom. The van der Waals surface area contributed by atoms with Gasteiger partial charge in [-0.3, -0.25) is 0 Å². The largest absolute Gasteiger partial charge is 0.459 e.